The van der Waals surface area contributed by atoms with Crippen molar-refractivity contribution in [3.05, 3.63) is 23.7 Å². The van der Waals surface area contributed by atoms with Crippen molar-refractivity contribution in [1.82, 2.24) is 9.80 Å². The van der Waals surface area contributed by atoms with Crippen LogP contribution in [0.2, 0.25) is 0 Å². The Morgan fingerprint density at radius 1 is 1.22 bits per heavy atom. The third-order valence-corrected chi connectivity index (χ3v) is 3.59. The van der Waals surface area contributed by atoms with Crippen LogP contribution in [0, 0.1) is 6.92 Å². The zero-order chi connectivity index (χ0) is 13.0. The van der Waals surface area contributed by atoms with Gasteiger partial charge in [0.15, 0.2) is 0 Å². The minimum Gasteiger partial charge on any atom is -0.465 e. The first-order chi connectivity index (χ1) is 8.69. The van der Waals surface area contributed by atoms with E-state index < -0.39 is 0 Å². The maximum atomic E-state index is 6.18. The first kappa shape index (κ1) is 13.6. The van der Waals surface area contributed by atoms with Crippen molar-refractivity contribution in [3.63, 3.8) is 0 Å². The van der Waals surface area contributed by atoms with Gasteiger partial charge in [-0.2, -0.15) is 0 Å². The van der Waals surface area contributed by atoms with Gasteiger partial charge in [-0.15, -0.1) is 0 Å². The molecule has 0 aromatic carbocycles. The molecule has 1 aromatic heterocycles. The van der Waals surface area contributed by atoms with Crippen LogP contribution in [0.4, 0.5) is 0 Å². The third kappa shape index (κ3) is 3.57. The molecule has 1 atom stereocenters. The Kier molecular flexibility index (Phi) is 4.80. The second-order valence-electron chi connectivity index (χ2n) is 5.20. The number of piperazine rings is 1. The van der Waals surface area contributed by atoms with Gasteiger partial charge in [-0.05, 0) is 32.0 Å². The van der Waals surface area contributed by atoms with Gasteiger partial charge in [0.2, 0.25) is 0 Å². The van der Waals surface area contributed by atoms with Crippen LogP contribution in [0.3, 0.4) is 0 Å². The molecule has 1 fully saturated rings. The summed E-state index contributed by atoms with van der Waals surface area (Å²) in [5.41, 5.74) is 6.18. The lowest BCUT2D eigenvalue weighted by Gasteiger charge is -2.35. The van der Waals surface area contributed by atoms with E-state index >= 15 is 0 Å². The van der Waals surface area contributed by atoms with E-state index in [2.05, 4.69) is 16.7 Å². The summed E-state index contributed by atoms with van der Waals surface area (Å²) in [5.74, 6) is 1.84. The highest BCUT2D eigenvalue weighted by Crippen LogP contribution is 2.16. The van der Waals surface area contributed by atoms with Gasteiger partial charge in [0.25, 0.3) is 0 Å². The predicted molar refractivity (Wildman–Crippen MR) is 73.5 cm³/mol. The first-order valence-corrected chi connectivity index (χ1v) is 6.95. The molecule has 2 N–H and O–H groups in total. The van der Waals surface area contributed by atoms with E-state index in [9.17, 15) is 0 Å². The average molecular weight is 251 g/mol. The highest BCUT2D eigenvalue weighted by molar-refractivity contribution is 5.09. The molecule has 1 unspecified atom stereocenters. The number of aryl methyl sites for hydroxylation is 1. The predicted octanol–water partition coefficient (Wildman–Crippen LogP) is 1.62. The highest BCUT2D eigenvalue weighted by atomic mass is 16.3. The number of furan rings is 1. The molecule has 0 radical (unpaired) electrons. The Morgan fingerprint density at radius 2 is 1.89 bits per heavy atom. The molecule has 18 heavy (non-hydrogen) atoms. The topological polar surface area (TPSA) is 45.6 Å². The van der Waals surface area contributed by atoms with Crippen molar-refractivity contribution in [2.75, 3.05) is 39.3 Å². The van der Waals surface area contributed by atoms with Crippen LogP contribution in [0.1, 0.15) is 30.9 Å². The number of hydrogen-bond acceptors (Lipinski definition) is 4. The number of rotatable bonds is 5. The van der Waals surface area contributed by atoms with Crippen molar-refractivity contribution in [2.24, 2.45) is 5.73 Å². The minimum atomic E-state index is -0.00331. The van der Waals surface area contributed by atoms with E-state index in [1.165, 1.54) is 13.0 Å². The summed E-state index contributed by atoms with van der Waals surface area (Å²) in [4.78, 5) is 4.97. The van der Waals surface area contributed by atoms with Gasteiger partial charge in [-0.25, -0.2) is 0 Å². The number of hydrogen-bond donors (Lipinski definition) is 1. The maximum Gasteiger partial charge on any atom is 0.122 e. The zero-order valence-electron chi connectivity index (χ0n) is 11.6. The Morgan fingerprint density at radius 3 is 2.44 bits per heavy atom. The Labute approximate surface area is 110 Å². The normalized spacial score (nSPS) is 20.2. The molecule has 2 rings (SSSR count). The van der Waals surface area contributed by atoms with Gasteiger partial charge in [-0.3, -0.25) is 4.90 Å². The summed E-state index contributed by atoms with van der Waals surface area (Å²) in [6.07, 6.45) is 1.24. The lowest BCUT2D eigenvalue weighted by Crippen LogP contribution is -2.48. The van der Waals surface area contributed by atoms with E-state index in [-0.39, 0.29) is 6.04 Å². The van der Waals surface area contributed by atoms with E-state index in [1.807, 2.05) is 19.1 Å². The molecule has 0 aliphatic carbocycles. The van der Waals surface area contributed by atoms with Crippen molar-refractivity contribution in [2.45, 2.75) is 26.3 Å². The molecule has 102 valence electrons. The van der Waals surface area contributed by atoms with Crippen molar-refractivity contribution in [3.8, 4) is 0 Å². The van der Waals surface area contributed by atoms with E-state index in [1.54, 1.807) is 0 Å². The second-order valence-corrected chi connectivity index (χ2v) is 5.20. The highest BCUT2D eigenvalue weighted by Gasteiger charge is 2.19. The van der Waals surface area contributed by atoms with Crippen molar-refractivity contribution in [1.29, 1.82) is 0 Å². The largest absolute Gasteiger partial charge is 0.465 e. The third-order valence-electron chi connectivity index (χ3n) is 3.59. The smallest absolute Gasteiger partial charge is 0.122 e. The SMILES string of the molecule is CCCN1CCN(CC(N)c2ccc(C)o2)CC1. The zero-order valence-corrected chi connectivity index (χ0v) is 11.6. The van der Waals surface area contributed by atoms with Crippen LogP contribution >= 0.6 is 0 Å². The summed E-state index contributed by atoms with van der Waals surface area (Å²) in [6.45, 7) is 10.9. The fraction of sp³-hybridized carbons (Fsp3) is 0.714. The van der Waals surface area contributed by atoms with Crippen LogP contribution in [-0.4, -0.2) is 49.1 Å². The summed E-state index contributed by atoms with van der Waals surface area (Å²) < 4.78 is 5.58. The molecule has 0 bridgehead atoms. The van der Waals surface area contributed by atoms with Gasteiger partial charge in [0.1, 0.15) is 11.5 Å². The fourth-order valence-electron chi connectivity index (χ4n) is 2.53. The molecule has 0 saturated carbocycles. The molecule has 4 heteroatoms. The number of nitrogens with zero attached hydrogens (tertiary/aromatic N) is 2. The van der Waals surface area contributed by atoms with Crippen LogP contribution in [-0.2, 0) is 0 Å². The van der Waals surface area contributed by atoms with Gasteiger partial charge >= 0.3 is 0 Å². The summed E-state index contributed by atoms with van der Waals surface area (Å²) in [6, 6.07) is 3.97. The molecule has 4 nitrogen and oxygen atoms in total. The fourth-order valence-corrected chi connectivity index (χ4v) is 2.53. The molecular weight excluding hydrogens is 226 g/mol. The summed E-state index contributed by atoms with van der Waals surface area (Å²) in [7, 11) is 0. The first-order valence-electron chi connectivity index (χ1n) is 6.95. The molecule has 2 heterocycles. The summed E-state index contributed by atoms with van der Waals surface area (Å²) in [5, 5.41) is 0. The molecular formula is C14H25N3O. The summed E-state index contributed by atoms with van der Waals surface area (Å²) >= 11 is 0. The second kappa shape index (κ2) is 6.36. The van der Waals surface area contributed by atoms with Gasteiger partial charge in [-0.1, -0.05) is 6.92 Å². The molecule has 0 amide bonds. The lowest BCUT2D eigenvalue weighted by molar-refractivity contribution is 0.125. The molecule has 1 aliphatic rings. The van der Waals surface area contributed by atoms with Crippen molar-refractivity contribution < 1.29 is 4.42 Å². The van der Waals surface area contributed by atoms with Crippen LogP contribution in [0.5, 0.6) is 0 Å². The molecule has 1 aliphatic heterocycles. The average Bonchev–Trinajstić information content (AvgIpc) is 2.79. The maximum absolute atomic E-state index is 6.18. The standard InChI is InChI=1S/C14H25N3O/c1-3-6-16-7-9-17(10-8-16)11-13(15)14-5-4-12(2)18-14/h4-5,13H,3,6-11,15H2,1-2H3. The van der Waals surface area contributed by atoms with E-state index in [4.69, 9.17) is 10.2 Å². The molecule has 1 aromatic rings. The monoisotopic (exact) mass is 251 g/mol. The van der Waals surface area contributed by atoms with Crippen LogP contribution in [0.15, 0.2) is 16.5 Å². The van der Waals surface area contributed by atoms with E-state index in [0.717, 1.165) is 44.2 Å². The Hall–Kier alpha value is -0.840. The number of nitrogens with two attached hydrogens (primary N) is 1. The molecule has 0 spiro atoms. The lowest BCUT2D eigenvalue weighted by atomic mass is 10.2. The Bertz CT molecular complexity index is 356. The van der Waals surface area contributed by atoms with Gasteiger partial charge in [0.05, 0.1) is 6.04 Å². The van der Waals surface area contributed by atoms with Crippen LogP contribution in [0.25, 0.3) is 0 Å². The quantitative estimate of drug-likeness (QED) is 0.863. The van der Waals surface area contributed by atoms with Crippen LogP contribution < -0.4 is 5.73 Å². The van der Waals surface area contributed by atoms with Gasteiger partial charge < -0.3 is 15.1 Å². The van der Waals surface area contributed by atoms with Gasteiger partial charge in [0, 0.05) is 32.7 Å². The molecule has 1 saturated heterocycles. The van der Waals surface area contributed by atoms with E-state index in [0.29, 0.717) is 0 Å². The Balaban J connectivity index is 1.77. The minimum absolute atomic E-state index is 0.00331. The van der Waals surface area contributed by atoms with Crippen molar-refractivity contribution >= 4 is 0 Å².